The molecule has 0 radical (unpaired) electrons. The fourth-order valence-electron chi connectivity index (χ4n) is 2.66. The first kappa shape index (κ1) is 16.4. The van der Waals surface area contributed by atoms with Gasteiger partial charge in [-0.1, -0.05) is 11.6 Å². The van der Waals surface area contributed by atoms with Crippen LogP contribution < -0.4 is 10.2 Å². The maximum atomic E-state index is 12.6. The first-order chi connectivity index (χ1) is 11.4. The van der Waals surface area contributed by atoms with Gasteiger partial charge in [0, 0.05) is 41.4 Å². The number of fused-ring (bicyclic) bond motifs is 1. The van der Waals surface area contributed by atoms with Crippen LogP contribution in [-0.4, -0.2) is 20.0 Å². The summed E-state index contributed by atoms with van der Waals surface area (Å²) < 4.78 is 5.71. The van der Waals surface area contributed by atoms with Crippen LogP contribution in [0.4, 0.5) is 11.4 Å². The van der Waals surface area contributed by atoms with Crippen LogP contribution in [0, 0.1) is 13.8 Å². The molecule has 0 bridgehead atoms. The van der Waals surface area contributed by atoms with E-state index in [2.05, 4.69) is 5.32 Å². The minimum absolute atomic E-state index is 0.263. The average molecular weight is 343 g/mol. The predicted octanol–water partition coefficient (Wildman–Crippen LogP) is 5.02. The third-order valence-electron chi connectivity index (χ3n) is 4.08. The summed E-state index contributed by atoms with van der Waals surface area (Å²) >= 11 is 6.02. The maximum absolute atomic E-state index is 12.6. The normalized spacial score (nSPS) is 10.9. The van der Waals surface area contributed by atoms with Gasteiger partial charge in [0.1, 0.15) is 5.58 Å². The van der Waals surface area contributed by atoms with E-state index in [9.17, 15) is 4.79 Å². The van der Waals surface area contributed by atoms with E-state index in [0.29, 0.717) is 16.4 Å². The smallest absolute Gasteiger partial charge is 0.291 e. The quantitative estimate of drug-likeness (QED) is 0.726. The van der Waals surface area contributed by atoms with E-state index in [1.807, 2.05) is 57.1 Å². The molecule has 4 nitrogen and oxygen atoms in total. The first-order valence-corrected chi connectivity index (χ1v) is 8.02. The molecule has 124 valence electrons. The van der Waals surface area contributed by atoms with Crippen molar-refractivity contribution in [1.82, 2.24) is 0 Å². The van der Waals surface area contributed by atoms with Crippen molar-refractivity contribution in [3.05, 3.63) is 58.3 Å². The van der Waals surface area contributed by atoms with Gasteiger partial charge in [-0.25, -0.2) is 0 Å². The summed E-state index contributed by atoms with van der Waals surface area (Å²) in [6.45, 7) is 3.83. The second-order valence-electron chi connectivity index (χ2n) is 6.04. The molecule has 0 saturated heterocycles. The van der Waals surface area contributed by atoms with E-state index in [1.54, 1.807) is 12.1 Å². The number of furan rings is 1. The highest BCUT2D eigenvalue weighted by Gasteiger charge is 2.18. The van der Waals surface area contributed by atoms with Crippen LogP contribution in [0.3, 0.4) is 0 Å². The summed E-state index contributed by atoms with van der Waals surface area (Å²) in [4.78, 5) is 14.6. The lowest BCUT2D eigenvalue weighted by atomic mass is 10.1. The predicted molar refractivity (Wildman–Crippen MR) is 99.4 cm³/mol. The number of benzene rings is 2. The minimum Gasteiger partial charge on any atom is -0.451 e. The molecule has 1 amide bonds. The van der Waals surface area contributed by atoms with Crippen LogP contribution in [0.2, 0.25) is 5.02 Å². The number of aryl methyl sites for hydroxylation is 2. The highest BCUT2D eigenvalue weighted by atomic mass is 35.5. The number of nitrogens with one attached hydrogen (secondary N) is 1. The molecule has 1 aromatic heterocycles. The summed E-state index contributed by atoms with van der Waals surface area (Å²) in [5.41, 5.74) is 4.28. The van der Waals surface area contributed by atoms with Crippen molar-refractivity contribution in [2.24, 2.45) is 0 Å². The Balaban J connectivity index is 1.92. The zero-order chi connectivity index (χ0) is 17.4. The van der Waals surface area contributed by atoms with Gasteiger partial charge in [-0.3, -0.25) is 4.79 Å². The number of hydrogen-bond acceptors (Lipinski definition) is 3. The first-order valence-electron chi connectivity index (χ1n) is 7.65. The number of rotatable bonds is 3. The Kier molecular flexibility index (Phi) is 4.24. The molecule has 0 aliphatic rings. The third kappa shape index (κ3) is 2.97. The molecule has 1 N–H and O–H groups in total. The molecule has 5 heteroatoms. The Morgan fingerprint density at radius 3 is 2.54 bits per heavy atom. The number of carbonyl (C=O) groups excluding carboxylic acids is 1. The SMILES string of the molecule is Cc1cc(N(C)C)ccc1NC(=O)c1oc2ccc(Cl)cc2c1C. The molecule has 0 aliphatic carbocycles. The van der Waals surface area contributed by atoms with Crippen molar-refractivity contribution in [3.8, 4) is 0 Å². The van der Waals surface area contributed by atoms with Crippen LogP contribution in [0.5, 0.6) is 0 Å². The fraction of sp³-hybridized carbons (Fsp3) is 0.211. The molecule has 1 heterocycles. The van der Waals surface area contributed by atoms with E-state index in [0.717, 1.165) is 27.9 Å². The van der Waals surface area contributed by atoms with Crippen molar-refractivity contribution in [2.75, 3.05) is 24.3 Å². The van der Waals surface area contributed by atoms with Crippen LogP contribution in [-0.2, 0) is 0 Å². The Bertz CT molecular complexity index is 929. The van der Waals surface area contributed by atoms with Gasteiger partial charge >= 0.3 is 0 Å². The Morgan fingerprint density at radius 2 is 1.88 bits per heavy atom. The molecule has 24 heavy (non-hydrogen) atoms. The van der Waals surface area contributed by atoms with E-state index in [-0.39, 0.29) is 5.91 Å². The molecule has 0 fully saturated rings. The molecular formula is C19H19ClN2O2. The molecule has 2 aromatic carbocycles. The van der Waals surface area contributed by atoms with Gasteiger partial charge in [0.05, 0.1) is 0 Å². The molecular weight excluding hydrogens is 324 g/mol. The summed E-state index contributed by atoms with van der Waals surface area (Å²) in [6, 6.07) is 11.2. The topological polar surface area (TPSA) is 45.5 Å². The van der Waals surface area contributed by atoms with Gasteiger partial charge in [0.2, 0.25) is 0 Å². The second kappa shape index (κ2) is 6.21. The number of nitrogens with zero attached hydrogens (tertiary/aromatic N) is 1. The van der Waals surface area contributed by atoms with Crippen LogP contribution >= 0.6 is 11.6 Å². The number of amides is 1. The summed E-state index contributed by atoms with van der Waals surface area (Å²) in [5.74, 6) is 0.0453. The highest BCUT2D eigenvalue weighted by Crippen LogP contribution is 2.29. The van der Waals surface area contributed by atoms with E-state index < -0.39 is 0 Å². The number of carbonyl (C=O) groups is 1. The van der Waals surface area contributed by atoms with Gasteiger partial charge in [-0.05, 0) is 55.8 Å². The Hall–Kier alpha value is -2.46. The molecule has 0 spiro atoms. The highest BCUT2D eigenvalue weighted by molar-refractivity contribution is 6.31. The molecule has 0 saturated carbocycles. The van der Waals surface area contributed by atoms with Gasteiger partial charge in [0.25, 0.3) is 5.91 Å². The molecule has 3 aromatic rings. The summed E-state index contributed by atoms with van der Waals surface area (Å²) in [6.07, 6.45) is 0. The largest absolute Gasteiger partial charge is 0.451 e. The lowest BCUT2D eigenvalue weighted by Gasteiger charge is -2.15. The van der Waals surface area contributed by atoms with E-state index in [1.165, 1.54) is 0 Å². The van der Waals surface area contributed by atoms with Crippen molar-refractivity contribution in [2.45, 2.75) is 13.8 Å². The molecule has 0 unspecified atom stereocenters. The molecule has 0 atom stereocenters. The Labute approximate surface area is 146 Å². The molecule has 0 aliphatic heterocycles. The number of anilines is 2. The fourth-order valence-corrected chi connectivity index (χ4v) is 2.83. The average Bonchev–Trinajstić information content (AvgIpc) is 2.86. The maximum Gasteiger partial charge on any atom is 0.291 e. The van der Waals surface area contributed by atoms with Crippen LogP contribution in [0.1, 0.15) is 21.7 Å². The number of halogens is 1. The van der Waals surface area contributed by atoms with E-state index >= 15 is 0 Å². The standard InChI is InChI=1S/C19H19ClN2O2/c1-11-9-14(22(3)4)6-7-16(11)21-19(23)18-12(2)15-10-13(20)5-8-17(15)24-18/h5-10H,1-4H3,(H,21,23). The zero-order valence-electron chi connectivity index (χ0n) is 14.1. The van der Waals surface area contributed by atoms with Crippen LogP contribution in [0.15, 0.2) is 40.8 Å². The number of hydrogen-bond donors (Lipinski definition) is 1. The third-order valence-corrected chi connectivity index (χ3v) is 4.31. The lowest BCUT2D eigenvalue weighted by molar-refractivity contribution is 0.0998. The van der Waals surface area contributed by atoms with Crippen LogP contribution in [0.25, 0.3) is 11.0 Å². The van der Waals surface area contributed by atoms with Crippen molar-refractivity contribution in [1.29, 1.82) is 0 Å². The van der Waals surface area contributed by atoms with Crippen molar-refractivity contribution >= 4 is 39.9 Å². The van der Waals surface area contributed by atoms with Gasteiger partial charge in [-0.2, -0.15) is 0 Å². The van der Waals surface area contributed by atoms with Gasteiger partial charge in [-0.15, -0.1) is 0 Å². The lowest BCUT2D eigenvalue weighted by Crippen LogP contribution is -2.14. The monoisotopic (exact) mass is 342 g/mol. The Morgan fingerprint density at radius 1 is 1.12 bits per heavy atom. The van der Waals surface area contributed by atoms with Gasteiger partial charge < -0.3 is 14.6 Å². The molecule has 3 rings (SSSR count). The van der Waals surface area contributed by atoms with Crippen molar-refractivity contribution in [3.63, 3.8) is 0 Å². The summed E-state index contributed by atoms with van der Waals surface area (Å²) in [5, 5.41) is 4.40. The van der Waals surface area contributed by atoms with Gasteiger partial charge in [0.15, 0.2) is 5.76 Å². The zero-order valence-corrected chi connectivity index (χ0v) is 14.9. The summed E-state index contributed by atoms with van der Waals surface area (Å²) in [7, 11) is 3.96. The van der Waals surface area contributed by atoms with Crippen molar-refractivity contribution < 1.29 is 9.21 Å². The second-order valence-corrected chi connectivity index (χ2v) is 6.48. The minimum atomic E-state index is -0.263. The van der Waals surface area contributed by atoms with E-state index in [4.69, 9.17) is 16.0 Å².